The van der Waals surface area contributed by atoms with Crippen molar-refractivity contribution in [1.82, 2.24) is 0 Å². The first-order valence-corrected chi connectivity index (χ1v) is 12.0. The van der Waals surface area contributed by atoms with Crippen LogP contribution in [-0.2, 0) is 10.0 Å². The van der Waals surface area contributed by atoms with Crippen LogP contribution in [0, 0.1) is 18.3 Å². The molecule has 1 saturated heterocycles. The van der Waals surface area contributed by atoms with Gasteiger partial charge in [0, 0.05) is 31.5 Å². The van der Waals surface area contributed by atoms with Crippen LogP contribution in [0.4, 0.5) is 17.1 Å². The highest BCUT2D eigenvalue weighted by molar-refractivity contribution is 7.93. The van der Waals surface area contributed by atoms with Gasteiger partial charge < -0.3 is 10.2 Å². The summed E-state index contributed by atoms with van der Waals surface area (Å²) in [5.41, 5.74) is 2.93. The van der Waals surface area contributed by atoms with Crippen molar-refractivity contribution in [3.63, 3.8) is 0 Å². The minimum atomic E-state index is -3.38. The second kappa shape index (κ2) is 9.16. The van der Waals surface area contributed by atoms with E-state index in [2.05, 4.69) is 18.3 Å². The molecule has 0 aliphatic carbocycles. The topological polar surface area (TPSA) is 93.5 Å². The lowest BCUT2D eigenvalue weighted by molar-refractivity contribution is 0.102. The van der Waals surface area contributed by atoms with Crippen LogP contribution in [0.25, 0.3) is 0 Å². The van der Waals surface area contributed by atoms with Gasteiger partial charge in [-0.05, 0) is 55.7 Å². The first kappa shape index (κ1) is 22.9. The molecule has 1 aliphatic rings. The van der Waals surface area contributed by atoms with Gasteiger partial charge in [0.1, 0.15) is 0 Å². The van der Waals surface area contributed by atoms with Crippen LogP contribution in [-0.4, -0.2) is 40.2 Å². The summed E-state index contributed by atoms with van der Waals surface area (Å²) in [7, 11) is -1.46. The van der Waals surface area contributed by atoms with Crippen LogP contribution in [0.5, 0.6) is 0 Å². The number of nitrogens with zero attached hydrogens (tertiary/aromatic N) is 3. The van der Waals surface area contributed by atoms with Crippen molar-refractivity contribution in [1.29, 1.82) is 5.26 Å². The second-order valence-corrected chi connectivity index (χ2v) is 10.0. The Bertz CT molecular complexity index is 1160. The van der Waals surface area contributed by atoms with E-state index >= 15 is 0 Å². The summed E-state index contributed by atoms with van der Waals surface area (Å²) < 4.78 is 25.9. The van der Waals surface area contributed by atoms with Crippen molar-refractivity contribution in [3.05, 3.63) is 52.0 Å². The van der Waals surface area contributed by atoms with E-state index in [1.54, 1.807) is 31.2 Å². The van der Waals surface area contributed by atoms with Gasteiger partial charge in [-0.3, -0.25) is 9.10 Å². The number of amides is 1. The van der Waals surface area contributed by atoms with E-state index in [1.165, 1.54) is 10.4 Å². The fourth-order valence-corrected chi connectivity index (χ4v) is 5.36. The molecule has 1 fully saturated rings. The monoisotopic (exact) mass is 460 g/mol. The lowest BCUT2D eigenvalue weighted by atomic mass is 10.1. The third kappa shape index (κ3) is 4.94. The number of nitriles is 1. The van der Waals surface area contributed by atoms with E-state index in [0.717, 1.165) is 18.7 Å². The number of carbonyl (C=O) groups excluding carboxylic acids is 1. The number of nitrogens with one attached hydrogen (secondary N) is 1. The fraction of sp³-hybridized carbons (Fsp3) is 0.364. The second-order valence-electron chi connectivity index (χ2n) is 7.62. The molecule has 31 heavy (non-hydrogen) atoms. The van der Waals surface area contributed by atoms with Gasteiger partial charge in [0.15, 0.2) is 0 Å². The fourth-order valence-electron chi connectivity index (χ4n) is 3.62. The molecule has 2 aromatic carbocycles. The summed E-state index contributed by atoms with van der Waals surface area (Å²) in [6.45, 7) is 4.98. The van der Waals surface area contributed by atoms with Crippen LogP contribution in [0.2, 0.25) is 5.02 Å². The van der Waals surface area contributed by atoms with Crippen molar-refractivity contribution in [2.75, 3.05) is 40.4 Å². The number of anilines is 3. The lowest BCUT2D eigenvalue weighted by Crippen LogP contribution is -2.26. The molecule has 0 unspecified atom stereocenters. The molecule has 0 aromatic heterocycles. The van der Waals surface area contributed by atoms with Crippen molar-refractivity contribution < 1.29 is 13.2 Å². The predicted octanol–water partition coefficient (Wildman–Crippen LogP) is 4.16. The predicted molar refractivity (Wildman–Crippen MR) is 125 cm³/mol. The highest BCUT2D eigenvalue weighted by Gasteiger charge is 2.29. The highest BCUT2D eigenvalue weighted by atomic mass is 35.5. The Kier molecular flexibility index (Phi) is 6.77. The molecule has 0 radical (unpaired) electrons. The van der Waals surface area contributed by atoms with Crippen LogP contribution in [0.3, 0.4) is 0 Å². The number of benzene rings is 2. The van der Waals surface area contributed by atoms with Gasteiger partial charge in [-0.2, -0.15) is 5.26 Å². The van der Waals surface area contributed by atoms with Crippen molar-refractivity contribution in [3.8, 4) is 6.07 Å². The van der Waals surface area contributed by atoms with E-state index < -0.39 is 15.9 Å². The molecular formula is C22H25ClN4O3S. The van der Waals surface area contributed by atoms with E-state index in [-0.39, 0.29) is 16.3 Å². The summed E-state index contributed by atoms with van der Waals surface area (Å²) in [5.74, 6) is -0.378. The maximum Gasteiger partial charge on any atom is 0.257 e. The van der Waals surface area contributed by atoms with Gasteiger partial charge in [-0.15, -0.1) is 0 Å². The molecule has 164 valence electrons. The smallest absolute Gasteiger partial charge is 0.257 e. The molecule has 9 heteroatoms. The molecule has 1 N–H and O–H groups in total. The molecule has 0 spiro atoms. The number of hydrogen-bond donors (Lipinski definition) is 1. The van der Waals surface area contributed by atoms with Gasteiger partial charge in [-0.1, -0.05) is 18.5 Å². The first-order valence-electron chi connectivity index (χ1n) is 10.0. The summed E-state index contributed by atoms with van der Waals surface area (Å²) in [4.78, 5) is 15.1. The van der Waals surface area contributed by atoms with E-state index in [0.29, 0.717) is 35.5 Å². The zero-order valence-electron chi connectivity index (χ0n) is 17.8. The van der Waals surface area contributed by atoms with Crippen molar-refractivity contribution in [2.24, 2.45) is 0 Å². The van der Waals surface area contributed by atoms with Crippen molar-refractivity contribution in [2.45, 2.75) is 26.7 Å². The van der Waals surface area contributed by atoms with Gasteiger partial charge in [0.25, 0.3) is 5.91 Å². The number of rotatable bonds is 6. The zero-order valence-corrected chi connectivity index (χ0v) is 19.3. The Labute approximate surface area is 188 Å². The molecule has 2 aromatic rings. The van der Waals surface area contributed by atoms with Crippen LogP contribution >= 0.6 is 11.6 Å². The molecule has 7 nitrogen and oxygen atoms in total. The molecular weight excluding hydrogens is 436 g/mol. The number of aryl methyl sites for hydroxylation is 1. The maximum atomic E-state index is 13.1. The number of hydrogen-bond acceptors (Lipinski definition) is 5. The normalized spacial score (nSPS) is 14.9. The van der Waals surface area contributed by atoms with Gasteiger partial charge in [0.05, 0.1) is 33.7 Å². The van der Waals surface area contributed by atoms with Gasteiger partial charge >= 0.3 is 0 Å². The van der Waals surface area contributed by atoms with E-state index in [9.17, 15) is 18.5 Å². The quantitative estimate of drug-likeness (QED) is 0.698. The highest BCUT2D eigenvalue weighted by Crippen LogP contribution is 2.32. The molecule has 0 saturated carbocycles. The average molecular weight is 461 g/mol. The average Bonchev–Trinajstić information content (AvgIpc) is 3.08. The van der Waals surface area contributed by atoms with Crippen LogP contribution in [0.15, 0.2) is 30.3 Å². The summed E-state index contributed by atoms with van der Waals surface area (Å²) >= 11 is 6.40. The Hall–Kier alpha value is -2.76. The number of carbonyl (C=O) groups is 1. The number of sulfonamides is 1. The molecule has 0 bridgehead atoms. The Morgan fingerprint density at radius 1 is 1.29 bits per heavy atom. The summed E-state index contributed by atoms with van der Waals surface area (Å²) in [6, 6.07) is 10.5. The summed E-state index contributed by atoms with van der Waals surface area (Å²) in [5, 5.41) is 12.4. The van der Waals surface area contributed by atoms with Gasteiger partial charge in [-0.25, -0.2) is 8.42 Å². The van der Waals surface area contributed by atoms with Crippen LogP contribution < -0.4 is 14.5 Å². The van der Waals surface area contributed by atoms with E-state index in [4.69, 9.17) is 11.6 Å². The standard InChI is InChI=1S/C22H25ClN4O3S/c1-4-6-26(3)18-11-16(14-24)10-17(12-18)25-22(28)20-13-19(9-15(2)21(20)23)27-7-5-8-31(27,29)30/h9-13H,4-8H2,1-3H3,(H,25,28). The van der Waals surface area contributed by atoms with Crippen molar-refractivity contribution >= 4 is 44.6 Å². The maximum absolute atomic E-state index is 13.1. The molecule has 1 aliphatic heterocycles. The molecule has 1 amide bonds. The SMILES string of the molecule is CCCN(C)c1cc(C#N)cc(NC(=O)c2cc(N3CCCS3(=O)=O)cc(C)c2Cl)c1. The number of halogens is 1. The van der Waals surface area contributed by atoms with E-state index in [1.807, 2.05) is 11.9 Å². The molecule has 3 rings (SSSR count). The van der Waals surface area contributed by atoms with Crippen LogP contribution in [0.1, 0.15) is 41.3 Å². The minimum absolute atomic E-state index is 0.0885. The third-order valence-corrected chi connectivity index (χ3v) is 7.55. The Morgan fingerprint density at radius 2 is 2.03 bits per heavy atom. The Balaban J connectivity index is 1.95. The van der Waals surface area contributed by atoms with Gasteiger partial charge in [0.2, 0.25) is 10.0 Å². The summed E-state index contributed by atoms with van der Waals surface area (Å²) in [6.07, 6.45) is 1.48. The largest absolute Gasteiger partial charge is 0.375 e. The lowest BCUT2D eigenvalue weighted by Gasteiger charge is -2.21. The first-order chi connectivity index (χ1) is 14.7. The minimum Gasteiger partial charge on any atom is -0.375 e. The third-order valence-electron chi connectivity index (χ3n) is 5.18. The molecule has 0 atom stereocenters. The Morgan fingerprint density at radius 3 is 2.65 bits per heavy atom. The molecule has 1 heterocycles. The zero-order chi connectivity index (χ0) is 22.8.